The Labute approximate surface area is 98.4 Å². The third-order valence-corrected chi connectivity index (χ3v) is 3.52. The van der Waals surface area contributed by atoms with Gasteiger partial charge in [-0.2, -0.15) is 0 Å². The maximum atomic E-state index is 5.65. The van der Waals surface area contributed by atoms with Gasteiger partial charge in [0.2, 0.25) is 0 Å². The topological polar surface area (TPSA) is 29.3 Å². The molecule has 2 rings (SSSR count). The van der Waals surface area contributed by atoms with Gasteiger partial charge < -0.3 is 10.6 Å². The van der Waals surface area contributed by atoms with Crippen LogP contribution in [0.15, 0.2) is 24.3 Å². The molecule has 1 aliphatic rings. The van der Waals surface area contributed by atoms with Crippen LogP contribution in [-0.2, 0) is 6.42 Å². The molecule has 0 aliphatic heterocycles. The van der Waals surface area contributed by atoms with Gasteiger partial charge >= 0.3 is 0 Å². The highest BCUT2D eigenvalue weighted by Gasteiger charge is 2.26. The predicted octanol–water partition coefficient (Wildman–Crippen LogP) is 1.85. The molecule has 0 aromatic heterocycles. The van der Waals surface area contributed by atoms with Gasteiger partial charge in [0.15, 0.2) is 0 Å². The summed E-state index contributed by atoms with van der Waals surface area (Å²) in [7, 11) is 2.20. The molecular formula is C14H22N2. The van der Waals surface area contributed by atoms with Crippen molar-refractivity contribution in [2.24, 2.45) is 11.7 Å². The molecule has 0 spiro atoms. The van der Waals surface area contributed by atoms with E-state index >= 15 is 0 Å². The van der Waals surface area contributed by atoms with Crippen molar-refractivity contribution in [2.45, 2.75) is 19.3 Å². The van der Waals surface area contributed by atoms with Crippen molar-refractivity contribution in [2.75, 3.05) is 26.7 Å². The molecule has 0 heterocycles. The number of hydrogen-bond donors (Lipinski definition) is 1. The predicted molar refractivity (Wildman–Crippen MR) is 68.6 cm³/mol. The molecule has 1 aromatic carbocycles. The summed E-state index contributed by atoms with van der Waals surface area (Å²) in [6.07, 6.45) is 1.25. The van der Waals surface area contributed by atoms with Crippen molar-refractivity contribution in [1.82, 2.24) is 4.90 Å². The average Bonchev–Trinajstić information content (AvgIpc) is 2.26. The molecule has 0 fully saturated rings. The summed E-state index contributed by atoms with van der Waals surface area (Å²) in [5, 5.41) is 0. The lowest BCUT2D eigenvalue weighted by Crippen LogP contribution is -2.35. The second kappa shape index (κ2) is 4.98. The van der Waals surface area contributed by atoms with Crippen LogP contribution in [0.2, 0.25) is 0 Å². The molecule has 0 radical (unpaired) electrons. The molecule has 2 heteroatoms. The Morgan fingerprint density at radius 3 is 2.88 bits per heavy atom. The number of rotatable bonds is 5. The Bertz CT molecular complexity index is 348. The maximum absolute atomic E-state index is 5.65. The summed E-state index contributed by atoms with van der Waals surface area (Å²) >= 11 is 0. The smallest absolute Gasteiger partial charge is 0.00506 e. The summed E-state index contributed by atoms with van der Waals surface area (Å²) < 4.78 is 0. The minimum atomic E-state index is 0.598. The van der Waals surface area contributed by atoms with E-state index in [1.165, 1.54) is 18.5 Å². The van der Waals surface area contributed by atoms with Gasteiger partial charge in [0.25, 0.3) is 0 Å². The van der Waals surface area contributed by atoms with Crippen LogP contribution in [0, 0.1) is 5.92 Å². The fourth-order valence-electron chi connectivity index (χ4n) is 2.58. The minimum absolute atomic E-state index is 0.598. The highest BCUT2D eigenvalue weighted by Crippen LogP contribution is 2.35. The van der Waals surface area contributed by atoms with E-state index in [1.54, 1.807) is 5.56 Å². The lowest BCUT2D eigenvalue weighted by atomic mass is 9.77. The van der Waals surface area contributed by atoms with Crippen LogP contribution in [0.5, 0.6) is 0 Å². The minimum Gasteiger partial charge on any atom is -0.330 e. The summed E-state index contributed by atoms with van der Waals surface area (Å²) in [4.78, 5) is 2.41. The molecular weight excluding hydrogens is 196 g/mol. The zero-order valence-corrected chi connectivity index (χ0v) is 10.3. The second-order valence-corrected chi connectivity index (χ2v) is 5.16. The number of hydrogen-bond acceptors (Lipinski definition) is 2. The normalized spacial score (nSPS) is 20.4. The van der Waals surface area contributed by atoms with E-state index in [0.29, 0.717) is 5.92 Å². The summed E-state index contributed by atoms with van der Waals surface area (Å²) in [5.74, 6) is 1.34. The second-order valence-electron chi connectivity index (χ2n) is 5.16. The third kappa shape index (κ3) is 2.45. The van der Waals surface area contributed by atoms with E-state index < -0.39 is 0 Å². The fraction of sp³-hybridized carbons (Fsp3) is 0.571. The molecule has 2 N–H and O–H groups in total. The van der Waals surface area contributed by atoms with Gasteiger partial charge in [0.1, 0.15) is 0 Å². The maximum Gasteiger partial charge on any atom is 0.00506 e. The van der Waals surface area contributed by atoms with Gasteiger partial charge in [-0.3, -0.25) is 0 Å². The third-order valence-electron chi connectivity index (χ3n) is 3.52. The van der Waals surface area contributed by atoms with Crippen molar-refractivity contribution in [1.29, 1.82) is 0 Å². The van der Waals surface area contributed by atoms with Crippen LogP contribution in [0.25, 0.3) is 0 Å². The molecule has 88 valence electrons. The van der Waals surface area contributed by atoms with Gasteiger partial charge in [-0.05, 0) is 37.1 Å². The van der Waals surface area contributed by atoms with Gasteiger partial charge in [0, 0.05) is 19.0 Å². The molecule has 2 unspecified atom stereocenters. The van der Waals surface area contributed by atoms with Crippen LogP contribution in [0.3, 0.4) is 0 Å². The molecule has 0 bridgehead atoms. The molecule has 0 saturated heterocycles. The number of nitrogens with zero attached hydrogens (tertiary/aromatic N) is 1. The van der Waals surface area contributed by atoms with Crippen molar-refractivity contribution < 1.29 is 0 Å². The first-order chi connectivity index (χ1) is 7.70. The zero-order chi connectivity index (χ0) is 11.5. The summed E-state index contributed by atoms with van der Waals surface area (Å²) in [6.45, 7) is 5.27. The lowest BCUT2D eigenvalue weighted by Gasteiger charge is -2.34. The standard InChI is InChI=1S/C14H22N2/c1-11(8-15)9-16(2)10-13-7-12-5-3-4-6-14(12)13/h3-6,11,13H,7-10,15H2,1-2H3. The van der Waals surface area contributed by atoms with Gasteiger partial charge in [-0.25, -0.2) is 0 Å². The van der Waals surface area contributed by atoms with Crippen LogP contribution < -0.4 is 5.73 Å². The van der Waals surface area contributed by atoms with E-state index in [2.05, 4.69) is 43.1 Å². The largest absolute Gasteiger partial charge is 0.330 e. The van der Waals surface area contributed by atoms with E-state index in [0.717, 1.165) is 19.0 Å². The quantitative estimate of drug-likeness (QED) is 0.817. The first-order valence-electron chi connectivity index (χ1n) is 6.17. The van der Waals surface area contributed by atoms with Crippen molar-refractivity contribution >= 4 is 0 Å². The van der Waals surface area contributed by atoms with Crippen LogP contribution in [0.1, 0.15) is 24.0 Å². The molecule has 0 saturated carbocycles. The average molecular weight is 218 g/mol. The van der Waals surface area contributed by atoms with E-state index in [1.807, 2.05) is 0 Å². The Hall–Kier alpha value is -0.860. The lowest BCUT2D eigenvalue weighted by molar-refractivity contribution is 0.263. The zero-order valence-electron chi connectivity index (χ0n) is 10.3. The number of nitrogens with two attached hydrogens (primary N) is 1. The summed E-state index contributed by atoms with van der Waals surface area (Å²) in [6, 6.07) is 8.79. The van der Waals surface area contributed by atoms with Gasteiger partial charge in [-0.1, -0.05) is 31.2 Å². The Kier molecular flexibility index (Phi) is 3.62. The molecule has 2 nitrogen and oxygen atoms in total. The molecule has 16 heavy (non-hydrogen) atoms. The molecule has 0 amide bonds. The summed E-state index contributed by atoms with van der Waals surface area (Å²) in [5.41, 5.74) is 8.73. The first-order valence-corrected chi connectivity index (χ1v) is 6.17. The first kappa shape index (κ1) is 11.6. The van der Waals surface area contributed by atoms with Gasteiger partial charge in [-0.15, -0.1) is 0 Å². The van der Waals surface area contributed by atoms with Gasteiger partial charge in [0.05, 0.1) is 0 Å². The Morgan fingerprint density at radius 2 is 2.19 bits per heavy atom. The van der Waals surface area contributed by atoms with Crippen LogP contribution in [-0.4, -0.2) is 31.6 Å². The highest BCUT2D eigenvalue weighted by molar-refractivity contribution is 5.40. The fourth-order valence-corrected chi connectivity index (χ4v) is 2.58. The van der Waals surface area contributed by atoms with E-state index in [9.17, 15) is 0 Å². The number of fused-ring (bicyclic) bond motifs is 1. The molecule has 1 aromatic rings. The Morgan fingerprint density at radius 1 is 1.44 bits per heavy atom. The monoisotopic (exact) mass is 218 g/mol. The Balaban J connectivity index is 1.85. The van der Waals surface area contributed by atoms with E-state index in [4.69, 9.17) is 5.73 Å². The van der Waals surface area contributed by atoms with Crippen molar-refractivity contribution in [3.8, 4) is 0 Å². The number of benzene rings is 1. The highest BCUT2D eigenvalue weighted by atomic mass is 15.1. The number of likely N-dealkylation sites (N-methyl/N-ethyl adjacent to an activating group) is 1. The SMILES string of the molecule is CC(CN)CN(C)CC1Cc2ccccc21. The van der Waals surface area contributed by atoms with Crippen LogP contribution in [0.4, 0.5) is 0 Å². The van der Waals surface area contributed by atoms with Crippen molar-refractivity contribution in [3.05, 3.63) is 35.4 Å². The van der Waals surface area contributed by atoms with Crippen LogP contribution >= 0.6 is 0 Å². The molecule has 2 atom stereocenters. The molecule has 1 aliphatic carbocycles. The van der Waals surface area contributed by atoms with Crippen molar-refractivity contribution in [3.63, 3.8) is 0 Å². The van der Waals surface area contributed by atoms with E-state index in [-0.39, 0.29) is 0 Å².